The predicted octanol–water partition coefficient (Wildman–Crippen LogP) is 4.20. The van der Waals surface area contributed by atoms with Crippen LogP contribution in [0.25, 0.3) is 0 Å². The summed E-state index contributed by atoms with van der Waals surface area (Å²) in [5, 5.41) is 9.58. The fourth-order valence-corrected chi connectivity index (χ4v) is 4.90. The van der Waals surface area contributed by atoms with Crippen LogP contribution in [0.5, 0.6) is 0 Å². The Morgan fingerprint density at radius 1 is 1.25 bits per heavy atom. The lowest BCUT2D eigenvalue weighted by molar-refractivity contribution is -0.123. The van der Waals surface area contributed by atoms with E-state index in [1.807, 2.05) is 23.6 Å². The number of nitrogens with one attached hydrogen (secondary N) is 1. The number of aryl methyl sites for hydroxylation is 1. The highest BCUT2D eigenvalue weighted by atomic mass is 32.1. The number of ketones is 1. The van der Waals surface area contributed by atoms with Gasteiger partial charge in [-0.2, -0.15) is 10.1 Å². The van der Waals surface area contributed by atoms with Crippen LogP contribution >= 0.6 is 11.3 Å². The summed E-state index contributed by atoms with van der Waals surface area (Å²) in [6, 6.07) is 6.67. The van der Waals surface area contributed by atoms with Crippen LogP contribution in [0.2, 0.25) is 0 Å². The molecule has 8 heteroatoms. The lowest BCUT2D eigenvalue weighted by Crippen LogP contribution is -2.40. The number of allylic oxidation sites excluding steroid dienone is 2. The Balaban J connectivity index is 1.67. The molecule has 5 rings (SSSR count). The summed E-state index contributed by atoms with van der Waals surface area (Å²) in [7, 11) is 0. The Morgan fingerprint density at radius 2 is 2.04 bits per heavy atom. The number of carbonyl (C=O) groups excluding carboxylic acids is 1. The van der Waals surface area contributed by atoms with Crippen LogP contribution in [0.3, 0.4) is 0 Å². The van der Waals surface area contributed by atoms with E-state index in [0.29, 0.717) is 29.5 Å². The van der Waals surface area contributed by atoms with Crippen molar-refractivity contribution in [1.29, 1.82) is 0 Å². The van der Waals surface area contributed by atoms with Gasteiger partial charge in [-0.05, 0) is 36.1 Å². The molecule has 3 heterocycles. The third-order valence-corrected chi connectivity index (χ3v) is 6.20. The van der Waals surface area contributed by atoms with E-state index in [2.05, 4.69) is 15.4 Å². The molecular weight excluding hydrogens is 382 g/mol. The number of hydrogen-bond donors (Lipinski definition) is 1. The molecule has 0 saturated heterocycles. The Morgan fingerprint density at radius 3 is 2.75 bits per heavy atom. The lowest BCUT2D eigenvalue weighted by atomic mass is 9.77. The highest BCUT2D eigenvalue weighted by molar-refractivity contribution is 7.10. The smallest absolute Gasteiger partial charge is 0.226 e. The van der Waals surface area contributed by atoms with E-state index in [0.717, 1.165) is 10.9 Å². The van der Waals surface area contributed by atoms with Crippen molar-refractivity contribution in [1.82, 2.24) is 14.8 Å². The minimum atomic E-state index is -0.683. The number of Topliss-reactive ketones (excluding diaryl/α,β-unsaturated/α-hetero) is 1. The fraction of sp³-hybridized carbons (Fsp3) is 0.250. The molecular formula is C20H16F2N4OS. The van der Waals surface area contributed by atoms with E-state index in [1.54, 1.807) is 22.9 Å². The molecule has 0 bridgehead atoms. The second-order valence-electron chi connectivity index (χ2n) is 7.09. The van der Waals surface area contributed by atoms with Crippen LogP contribution in [-0.2, 0) is 4.79 Å². The number of fused-ring (bicyclic) bond motifs is 2. The third-order valence-electron chi connectivity index (χ3n) is 5.19. The van der Waals surface area contributed by atoms with Crippen molar-refractivity contribution in [3.8, 4) is 0 Å². The maximum absolute atomic E-state index is 13.9. The summed E-state index contributed by atoms with van der Waals surface area (Å²) < 4.78 is 29.4. The summed E-state index contributed by atoms with van der Waals surface area (Å²) in [5.41, 5.74) is 1.08. The fourth-order valence-electron chi connectivity index (χ4n) is 4.11. The molecule has 5 nitrogen and oxygen atoms in total. The standard InChI is InChI=1S/C20H16F2N4OS/c1-10-23-20-24-15-7-11(17-3-2-4-28-17)8-16(27)18(15)19(26(20)25-10)12-5-13(21)9-14(22)6-12/h2-7,9,11,18-19H,8H2,1H3,(H,23,24,25)/t11-,18+,19+/m0/s1. The average molecular weight is 398 g/mol. The molecule has 0 saturated carbocycles. The first-order chi connectivity index (χ1) is 13.5. The maximum atomic E-state index is 13.9. The Hall–Kier alpha value is -2.87. The maximum Gasteiger partial charge on any atom is 0.226 e. The van der Waals surface area contributed by atoms with Gasteiger partial charge in [0.2, 0.25) is 5.95 Å². The van der Waals surface area contributed by atoms with Gasteiger partial charge in [0.1, 0.15) is 23.2 Å². The van der Waals surface area contributed by atoms with Gasteiger partial charge in [0, 0.05) is 29.0 Å². The van der Waals surface area contributed by atoms with Crippen molar-refractivity contribution in [2.24, 2.45) is 5.92 Å². The molecule has 28 heavy (non-hydrogen) atoms. The highest BCUT2D eigenvalue weighted by Crippen LogP contribution is 2.44. The number of rotatable bonds is 2. The van der Waals surface area contributed by atoms with Crippen LogP contribution in [0, 0.1) is 24.5 Å². The summed E-state index contributed by atoms with van der Waals surface area (Å²) in [6.07, 6.45) is 2.38. The number of nitrogens with zero attached hydrogens (tertiary/aromatic N) is 3. The van der Waals surface area contributed by atoms with E-state index < -0.39 is 23.6 Å². The van der Waals surface area contributed by atoms with Crippen molar-refractivity contribution < 1.29 is 13.6 Å². The molecule has 2 aromatic heterocycles. The van der Waals surface area contributed by atoms with Gasteiger partial charge >= 0.3 is 0 Å². The van der Waals surface area contributed by atoms with Crippen LogP contribution < -0.4 is 5.32 Å². The van der Waals surface area contributed by atoms with Gasteiger partial charge in [0.05, 0.1) is 12.0 Å². The molecule has 142 valence electrons. The van der Waals surface area contributed by atoms with Gasteiger partial charge in [-0.3, -0.25) is 4.79 Å². The molecule has 0 unspecified atom stereocenters. The largest absolute Gasteiger partial charge is 0.328 e. The van der Waals surface area contributed by atoms with E-state index in [1.165, 1.54) is 12.1 Å². The minimum absolute atomic E-state index is 0.0110. The van der Waals surface area contributed by atoms with Crippen molar-refractivity contribution >= 4 is 23.1 Å². The average Bonchev–Trinajstić information content (AvgIpc) is 3.27. The summed E-state index contributed by atoms with van der Waals surface area (Å²) in [4.78, 5) is 18.7. The van der Waals surface area contributed by atoms with Gasteiger partial charge < -0.3 is 5.32 Å². The number of aromatic nitrogens is 3. The molecule has 3 aromatic rings. The Bertz CT molecular complexity index is 1090. The van der Waals surface area contributed by atoms with Gasteiger partial charge in [0.25, 0.3) is 0 Å². The van der Waals surface area contributed by atoms with Crippen molar-refractivity contribution in [2.75, 3.05) is 5.32 Å². The normalized spacial score (nSPS) is 23.6. The van der Waals surface area contributed by atoms with E-state index in [-0.39, 0.29) is 11.7 Å². The van der Waals surface area contributed by atoms with E-state index in [9.17, 15) is 13.6 Å². The molecule has 0 spiro atoms. The molecule has 2 aliphatic rings. The molecule has 0 fully saturated rings. The minimum Gasteiger partial charge on any atom is -0.328 e. The Kier molecular flexibility index (Phi) is 3.90. The lowest BCUT2D eigenvalue weighted by Gasteiger charge is -2.37. The van der Waals surface area contributed by atoms with Crippen LogP contribution in [0.1, 0.15) is 34.6 Å². The third kappa shape index (κ3) is 2.75. The molecule has 3 atom stereocenters. The number of halogens is 2. The second-order valence-corrected chi connectivity index (χ2v) is 8.07. The summed E-state index contributed by atoms with van der Waals surface area (Å²) in [5.74, 6) is -0.982. The molecule has 1 aromatic carbocycles. The Labute approximate surface area is 163 Å². The first-order valence-corrected chi connectivity index (χ1v) is 9.81. The van der Waals surface area contributed by atoms with Crippen LogP contribution in [0.4, 0.5) is 14.7 Å². The van der Waals surface area contributed by atoms with Gasteiger partial charge in [-0.25, -0.2) is 13.5 Å². The second kappa shape index (κ2) is 6.34. The molecule has 1 aliphatic carbocycles. The van der Waals surface area contributed by atoms with Gasteiger partial charge in [-0.15, -0.1) is 11.3 Å². The van der Waals surface area contributed by atoms with Crippen molar-refractivity contribution in [3.63, 3.8) is 0 Å². The molecule has 1 N–H and O–H groups in total. The summed E-state index contributed by atoms with van der Waals surface area (Å²) in [6.45, 7) is 1.74. The number of carbonyl (C=O) groups is 1. The molecule has 0 amide bonds. The summed E-state index contributed by atoms with van der Waals surface area (Å²) >= 11 is 1.60. The van der Waals surface area contributed by atoms with Crippen LogP contribution in [-0.4, -0.2) is 20.5 Å². The monoisotopic (exact) mass is 398 g/mol. The number of benzene rings is 1. The zero-order chi connectivity index (χ0) is 19.4. The van der Waals surface area contributed by atoms with E-state index >= 15 is 0 Å². The van der Waals surface area contributed by atoms with Crippen molar-refractivity contribution in [3.05, 3.63) is 75.4 Å². The van der Waals surface area contributed by atoms with Crippen molar-refractivity contribution in [2.45, 2.75) is 25.3 Å². The van der Waals surface area contributed by atoms with Gasteiger partial charge in [-0.1, -0.05) is 12.1 Å². The first-order valence-electron chi connectivity index (χ1n) is 8.93. The topological polar surface area (TPSA) is 59.8 Å². The van der Waals surface area contributed by atoms with E-state index in [4.69, 9.17) is 0 Å². The number of hydrogen-bond acceptors (Lipinski definition) is 5. The van der Waals surface area contributed by atoms with Crippen LogP contribution in [0.15, 0.2) is 47.5 Å². The number of thiophene rings is 1. The molecule has 1 aliphatic heterocycles. The van der Waals surface area contributed by atoms with Gasteiger partial charge in [0.15, 0.2) is 0 Å². The highest BCUT2D eigenvalue weighted by Gasteiger charge is 2.43. The zero-order valence-electron chi connectivity index (χ0n) is 14.9. The quantitative estimate of drug-likeness (QED) is 0.703. The predicted molar refractivity (Wildman–Crippen MR) is 101 cm³/mol. The molecule has 0 radical (unpaired) electrons. The number of anilines is 1. The SMILES string of the molecule is Cc1nc2n(n1)[C@H](c1cc(F)cc(F)c1)[C@H]1C(=O)C[C@@H](c3cccs3)C=C1N2. The zero-order valence-corrected chi connectivity index (χ0v) is 15.7. The first kappa shape index (κ1) is 17.2.